The number of carbonyl (C=O) groups excluding carboxylic acids is 1. The maximum atomic E-state index is 10.2. The Morgan fingerprint density at radius 3 is 2.73 bits per heavy atom. The van der Waals surface area contributed by atoms with Crippen LogP contribution in [-0.2, 0) is 9.53 Å². The number of allylic oxidation sites excluding steroid dienone is 1. The van der Waals surface area contributed by atoms with Crippen molar-refractivity contribution in [3.05, 3.63) is 11.6 Å². The second kappa shape index (κ2) is 5.46. The van der Waals surface area contributed by atoms with Crippen molar-refractivity contribution >= 4 is 12.2 Å². The summed E-state index contributed by atoms with van der Waals surface area (Å²) >= 11 is 0. The van der Waals surface area contributed by atoms with Crippen LogP contribution in [0, 0.1) is 0 Å². The molecule has 0 aliphatic carbocycles. The number of oxime groups is 1. The van der Waals surface area contributed by atoms with Gasteiger partial charge >= 0.3 is 5.97 Å². The highest BCUT2D eigenvalue weighted by Crippen LogP contribution is 1.87. The molecule has 0 amide bonds. The minimum atomic E-state index is -0.324. The van der Waals surface area contributed by atoms with Gasteiger partial charge < -0.3 is 9.94 Å². The number of hydrogen-bond donors (Lipinski definition) is 1. The zero-order valence-corrected chi connectivity index (χ0v) is 6.57. The summed E-state index contributed by atoms with van der Waals surface area (Å²) in [6, 6.07) is 0. The van der Waals surface area contributed by atoms with Gasteiger partial charge in [0.05, 0.1) is 6.21 Å². The van der Waals surface area contributed by atoms with Gasteiger partial charge in [0.15, 0.2) is 0 Å². The number of rotatable bonds is 3. The van der Waals surface area contributed by atoms with E-state index in [0.717, 1.165) is 5.57 Å². The van der Waals surface area contributed by atoms with E-state index in [-0.39, 0.29) is 12.6 Å². The lowest BCUT2D eigenvalue weighted by molar-refractivity contribution is -0.139. The fourth-order valence-electron chi connectivity index (χ4n) is 0.434. The molecule has 0 aromatic carbocycles. The maximum Gasteiger partial charge on any atom is 0.302 e. The molecule has 0 saturated carbocycles. The van der Waals surface area contributed by atoms with Crippen LogP contribution in [-0.4, -0.2) is 24.0 Å². The third kappa shape index (κ3) is 6.57. The van der Waals surface area contributed by atoms with Crippen LogP contribution in [0.3, 0.4) is 0 Å². The van der Waals surface area contributed by atoms with Crippen LogP contribution in [0.25, 0.3) is 0 Å². The molecule has 0 spiro atoms. The Labute approximate surface area is 65.2 Å². The predicted molar refractivity (Wildman–Crippen MR) is 40.7 cm³/mol. The fraction of sp³-hybridized carbons (Fsp3) is 0.429. The van der Waals surface area contributed by atoms with Gasteiger partial charge in [0.1, 0.15) is 6.61 Å². The van der Waals surface area contributed by atoms with Crippen molar-refractivity contribution in [3.8, 4) is 0 Å². The van der Waals surface area contributed by atoms with Crippen molar-refractivity contribution in [2.45, 2.75) is 13.8 Å². The Balaban J connectivity index is 3.64. The molecule has 0 rings (SSSR count). The van der Waals surface area contributed by atoms with Crippen LogP contribution in [0.2, 0.25) is 0 Å². The van der Waals surface area contributed by atoms with Crippen LogP contribution in [0.4, 0.5) is 0 Å². The molecule has 0 unspecified atom stereocenters. The molecule has 4 heteroatoms. The minimum Gasteiger partial charge on any atom is -0.462 e. The van der Waals surface area contributed by atoms with Gasteiger partial charge in [0.2, 0.25) is 0 Å². The van der Waals surface area contributed by atoms with E-state index < -0.39 is 0 Å². The van der Waals surface area contributed by atoms with E-state index in [1.165, 1.54) is 13.1 Å². The Morgan fingerprint density at radius 1 is 1.64 bits per heavy atom. The lowest BCUT2D eigenvalue weighted by Gasteiger charge is -1.95. The summed E-state index contributed by atoms with van der Waals surface area (Å²) < 4.78 is 4.60. The van der Waals surface area contributed by atoms with Gasteiger partial charge in [-0.15, -0.1) is 0 Å². The largest absolute Gasteiger partial charge is 0.462 e. The number of carbonyl (C=O) groups is 1. The smallest absolute Gasteiger partial charge is 0.302 e. The highest BCUT2D eigenvalue weighted by Gasteiger charge is 1.88. The molecular weight excluding hydrogens is 146 g/mol. The monoisotopic (exact) mass is 157 g/mol. The van der Waals surface area contributed by atoms with Gasteiger partial charge in [0, 0.05) is 6.92 Å². The summed E-state index contributed by atoms with van der Waals surface area (Å²) in [5, 5.41) is 10.9. The number of esters is 1. The van der Waals surface area contributed by atoms with Gasteiger partial charge in [-0.05, 0) is 18.6 Å². The van der Waals surface area contributed by atoms with E-state index in [0.29, 0.717) is 0 Å². The first-order valence-corrected chi connectivity index (χ1v) is 3.14. The molecule has 0 aromatic heterocycles. The topological polar surface area (TPSA) is 58.9 Å². The molecule has 0 radical (unpaired) electrons. The molecule has 0 aliphatic heterocycles. The van der Waals surface area contributed by atoms with E-state index in [1.54, 1.807) is 13.0 Å². The average molecular weight is 157 g/mol. The van der Waals surface area contributed by atoms with E-state index in [9.17, 15) is 4.79 Å². The SMILES string of the molecule is CC(=O)OC/C=C(\C)C=NO. The van der Waals surface area contributed by atoms with Crippen molar-refractivity contribution in [2.24, 2.45) is 5.16 Å². The van der Waals surface area contributed by atoms with Gasteiger partial charge in [-0.25, -0.2) is 0 Å². The highest BCUT2D eigenvalue weighted by atomic mass is 16.5. The Hall–Kier alpha value is -1.32. The van der Waals surface area contributed by atoms with E-state index >= 15 is 0 Å². The molecule has 62 valence electrons. The van der Waals surface area contributed by atoms with Crippen LogP contribution < -0.4 is 0 Å². The lowest BCUT2D eigenvalue weighted by atomic mass is 10.3. The molecule has 0 bridgehead atoms. The van der Waals surface area contributed by atoms with E-state index in [1.807, 2.05) is 0 Å². The zero-order valence-electron chi connectivity index (χ0n) is 6.57. The standard InChI is InChI=1S/C7H11NO3/c1-6(5-8-10)3-4-11-7(2)9/h3,5,10H,4H2,1-2H3/b6-3+,8-5?. The van der Waals surface area contributed by atoms with Crippen LogP contribution >= 0.6 is 0 Å². The third-order valence-electron chi connectivity index (χ3n) is 0.953. The molecule has 4 nitrogen and oxygen atoms in total. The van der Waals surface area contributed by atoms with Crippen molar-refractivity contribution in [3.63, 3.8) is 0 Å². The van der Waals surface area contributed by atoms with Crippen molar-refractivity contribution < 1.29 is 14.7 Å². The Kier molecular flexibility index (Phi) is 4.81. The fourth-order valence-corrected chi connectivity index (χ4v) is 0.434. The van der Waals surface area contributed by atoms with Gasteiger partial charge in [-0.2, -0.15) is 0 Å². The van der Waals surface area contributed by atoms with Gasteiger partial charge in [-0.1, -0.05) is 5.16 Å². The number of hydrogen-bond acceptors (Lipinski definition) is 4. The molecule has 0 atom stereocenters. The average Bonchev–Trinajstić information content (AvgIpc) is 1.87. The number of nitrogens with zero attached hydrogens (tertiary/aromatic N) is 1. The minimum absolute atomic E-state index is 0.215. The first kappa shape index (κ1) is 9.68. The Bertz CT molecular complexity index is 184. The summed E-state index contributed by atoms with van der Waals surface area (Å²) in [5.41, 5.74) is 0.744. The molecule has 0 saturated heterocycles. The predicted octanol–water partition coefficient (Wildman–Crippen LogP) is 0.956. The first-order chi connectivity index (χ1) is 5.16. The second-order valence-corrected chi connectivity index (χ2v) is 2.00. The molecule has 0 aliphatic rings. The molecule has 0 aromatic rings. The molecule has 11 heavy (non-hydrogen) atoms. The summed E-state index contributed by atoms with van der Waals surface area (Å²) in [6.45, 7) is 3.29. The van der Waals surface area contributed by atoms with Crippen molar-refractivity contribution in [1.29, 1.82) is 0 Å². The van der Waals surface area contributed by atoms with Crippen LogP contribution in [0.5, 0.6) is 0 Å². The first-order valence-electron chi connectivity index (χ1n) is 3.14. The van der Waals surface area contributed by atoms with Gasteiger partial charge in [-0.3, -0.25) is 4.79 Å². The van der Waals surface area contributed by atoms with Crippen LogP contribution in [0.1, 0.15) is 13.8 Å². The van der Waals surface area contributed by atoms with E-state index in [4.69, 9.17) is 5.21 Å². The lowest BCUT2D eigenvalue weighted by Crippen LogP contribution is -1.98. The summed E-state index contributed by atoms with van der Waals surface area (Å²) in [4.78, 5) is 10.2. The summed E-state index contributed by atoms with van der Waals surface area (Å²) in [6.07, 6.45) is 2.91. The highest BCUT2D eigenvalue weighted by molar-refractivity contribution is 5.77. The normalized spacial score (nSPS) is 12.0. The van der Waals surface area contributed by atoms with Crippen LogP contribution in [0.15, 0.2) is 16.8 Å². The summed E-state index contributed by atoms with van der Waals surface area (Å²) in [5.74, 6) is -0.324. The molecule has 0 fully saturated rings. The zero-order chi connectivity index (χ0) is 8.69. The third-order valence-corrected chi connectivity index (χ3v) is 0.953. The van der Waals surface area contributed by atoms with Crippen molar-refractivity contribution in [2.75, 3.05) is 6.61 Å². The van der Waals surface area contributed by atoms with Gasteiger partial charge in [0.25, 0.3) is 0 Å². The number of ether oxygens (including phenoxy) is 1. The second-order valence-electron chi connectivity index (χ2n) is 2.00. The summed E-state index contributed by atoms with van der Waals surface area (Å²) in [7, 11) is 0. The van der Waals surface area contributed by atoms with E-state index in [2.05, 4.69) is 9.89 Å². The quantitative estimate of drug-likeness (QED) is 0.287. The maximum absolute atomic E-state index is 10.2. The molecule has 0 heterocycles. The molecule has 1 N–H and O–H groups in total. The van der Waals surface area contributed by atoms with Crippen molar-refractivity contribution in [1.82, 2.24) is 0 Å². The Morgan fingerprint density at radius 2 is 2.27 bits per heavy atom. The molecular formula is C7H11NO3.